The van der Waals surface area contributed by atoms with Crippen LogP contribution >= 0.6 is 15.9 Å². The van der Waals surface area contributed by atoms with E-state index in [9.17, 15) is 9.90 Å². The average molecular weight is 296 g/mol. The Morgan fingerprint density at radius 3 is 2.82 bits per heavy atom. The number of hydrogen-bond acceptors (Lipinski definition) is 3. The van der Waals surface area contributed by atoms with Gasteiger partial charge in [0.2, 0.25) is 0 Å². The van der Waals surface area contributed by atoms with Gasteiger partial charge < -0.3 is 9.63 Å². The third-order valence-electron chi connectivity index (χ3n) is 2.50. The summed E-state index contributed by atoms with van der Waals surface area (Å²) in [5, 5.41) is 12.8. The van der Waals surface area contributed by atoms with Gasteiger partial charge in [0.15, 0.2) is 0 Å². The molecule has 1 aromatic heterocycles. The highest BCUT2D eigenvalue weighted by Crippen LogP contribution is 2.27. The molecule has 0 saturated carbocycles. The summed E-state index contributed by atoms with van der Waals surface area (Å²) in [6.45, 7) is 0. The first-order valence-corrected chi connectivity index (χ1v) is 5.83. The Hall–Kier alpha value is -1.62. The monoisotopic (exact) mass is 295 g/mol. The molecule has 4 nitrogen and oxygen atoms in total. The van der Waals surface area contributed by atoms with Crippen LogP contribution in [0, 0.1) is 0 Å². The Kier molecular flexibility index (Phi) is 3.58. The van der Waals surface area contributed by atoms with Crippen molar-refractivity contribution >= 4 is 21.9 Å². The summed E-state index contributed by atoms with van der Waals surface area (Å²) in [4.78, 5) is 11.3. The van der Waals surface area contributed by atoms with Crippen molar-refractivity contribution in [1.29, 1.82) is 0 Å². The fraction of sp³-hybridized carbons (Fsp3) is 0.167. The topological polar surface area (TPSA) is 63.3 Å². The van der Waals surface area contributed by atoms with E-state index >= 15 is 0 Å². The fourth-order valence-corrected chi connectivity index (χ4v) is 2.21. The molecular formula is C12H10BrNO3. The fourth-order valence-electron chi connectivity index (χ4n) is 1.65. The second-order valence-corrected chi connectivity index (χ2v) is 4.50. The average Bonchev–Trinajstić information content (AvgIpc) is 2.79. The van der Waals surface area contributed by atoms with E-state index in [2.05, 4.69) is 21.1 Å². The molecule has 0 aliphatic carbocycles. The number of carboxylic acids is 1. The minimum absolute atomic E-state index is 0.363. The number of aliphatic carboxylic acids is 1. The van der Waals surface area contributed by atoms with Crippen LogP contribution in [0.15, 0.2) is 45.7 Å². The third kappa shape index (κ3) is 2.74. The number of rotatable bonds is 4. The maximum absolute atomic E-state index is 11.3. The van der Waals surface area contributed by atoms with E-state index in [0.717, 1.165) is 15.6 Å². The Labute approximate surface area is 106 Å². The molecule has 1 aromatic carbocycles. The zero-order chi connectivity index (χ0) is 12.3. The SMILES string of the molecule is O=C(O)C(Cc1cnoc1)c1ccccc1Br. The molecule has 1 atom stereocenters. The largest absolute Gasteiger partial charge is 0.481 e. The Bertz CT molecular complexity index is 510. The number of hydrogen-bond donors (Lipinski definition) is 1. The number of benzene rings is 1. The number of nitrogens with zero attached hydrogens (tertiary/aromatic N) is 1. The van der Waals surface area contributed by atoms with Gasteiger partial charge in [-0.05, 0) is 18.1 Å². The van der Waals surface area contributed by atoms with E-state index in [1.807, 2.05) is 18.2 Å². The molecule has 17 heavy (non-hydrogen) atoms. The van der Waals surface area contributed by atoms with Crippen molar-refractivity contribution in [3.63, 3.8) is 0 Å². The lowest BCUT2D eigenvalue weighted by atomic mass is 9.93. The van der Waals surface area contributed by atoms with Crippen LogP contribution in [0.25, 0.3) is 0 Å². The van der Waals surface area contributed by atoms with E-state index in [1.165, 1.54) is 12.5 Å². The summed E-state index contributed by atoms with van der Waals surface area (Å²) in [6, 6.07) is 7.31. The molecular weight excluding hydrogens is 286 g/mol. The summed E-state index contributed by atoms with van der Waals surface area (Å²) >= 11 is 3.37. The van der Waals surface area contributed by atoms with Crippen molar-refractivity contribution in [2.24, 2.45) is 0 Å². The Morgan fingerprint density at radius 2 is 2.24 bits per heavy atom. The molecule has 1 unspecified atom stereocenters. The van der Waals surface area contributed by atoms with Gasteiger partial charge in [0, 0.05) is 10.0 Å². The molecule has 1 N–H and O–H groups in total. The predicted octanol–water partition coefficient (Wildman–Crippen LogP) is 2.85. The van der Waals surface area contributed by atoms with Crippen molar-refractivity contribution in [3.8, 4) is 0 Å². The van der Waals surface area contributed by atoms with Gasteiger partial charge in [-0.3, -0.25) is 4.79 Å². The van der Waals surface area contributed by atoms with Crippen molar-refractivity contribution in [1.82, 2.24) is 5.16 Å². The highest BCUT2D eigenvalue weighted by atomic mass is 79.9. The summed E-state index contributed by atoms with van der Waals surface area (Å²) < 4.78 is 5.50. The third-order valence-corrected chi connectivity index (χ3v) is 3.22. The minimum atomic E-state index is -0.863. The van der Waals surface area contributed by atoms with Gasteiger partial charge in [-0.1, -0.05) is 39.3 Å². The lowest BCUT2D eigenvalue weighted by Gasteiger charge is -2.13. The van der Waals surface area contributed by atoms with Crippen LogP contribution in [-0.2, 0) is 11.2 Å². The second kappa shape index (κ2) is 5.14. The molecule has 0 fully saturated rings. The number of carboxylic acid groups (broad SMARTS) is 1. The van der Waals surface area contributed by atoms with Crippen LogP contribution in [0.3, 0.4) is 0 Å². The number of halogens is 1. The first kappa shape index (κ1) is 11.9. The van der Waals surface area contributed by atoms with Crippen molar-refractivity contribution in [3.05, 3.63) is 52.3 Å². The lowest BCUT2D eigenvalue weighted by molar-refractivity contribution is -0.138. The van der Waals surface area contributed by atoms with Crippen LogP contribution in [0.4, 0.5) is 0 Å². The predicted molar refractivity (Wildman–Crippen MR) is 64.7 cm³/mol. The normalized spacial score (nSPS) is 12.3. The smallest absolute Gasteiger partial charge is 0.311 e. The number of carbonyl (C=O) groups is 1. The molecule has 2 aromatic rings. The minimum Gasteiger partial charge on any atom is -0.481 e. The Balaban J connectivity index is 2.30. The molecule has 88 valence electrons. The standard InChI is InChI=1S/C12H10BrNO3/c13-11-4-2-1-3-9(11)10(12(15)16)5-8-6-14-17-7-8/h1-4,6-7,10H,5H2,(H,15,16). The molecule has 0 amide bonds. The van der Waals surface area contributed by atoms with Gasteiger partial charge in [-0.15, -0.1) is 0 Å². The Morgan fingerprint density at radius 1 is 1.47 bits per heavy atom. The molecule has 5 heteroatoms. The molecule has 0 saturated heterocycles. The second-order valence-electron chi connectivity index (χ2n) is 3.65. The molecule has 0 bridgehead atoms. The molecule has 0 radical (unpaired) electrons. The summed E-state index contributed by atoms with van der Waals surface area (Å²) in [5.41, 5.74) is 1.52. The number of aromatic nitrogens is 1. The summed E-state index contributed by atoms with van der Waals surface area (Å²) in [5.74, 6) is -1.47. The summed E-state index contributed by atoms with van der Waals surface area (Å²) in [6.07, 6.45) is 3.36. The highest BCUT2D eigenvalue weighted by Gasteiger charge is 2.22. The highest BCUT2D eigenvalue weighted by molar-refractivity contribution is 9.10. The van der Waals surface area contributed by atoms with Crippen molar-refractivity contribution in [2.75, 3.05) is 0 Å². The van der Waals surface area contributed by atoms with Gasteiger partial charge in [0.1, 0.15) is 6.26 Å². The quantitative estimate of drug-likeness (QED) is 0.942. The van der Waals surface area contributed by atoms with Crippen LogP contribution in [0.1, 0.15) is 17.0 Å². The maximum atomic E-state index is 11.3. The van der Waals surface area contributed by atoms with Gasteiger partial charge in [0.25, 0.3) is 0 Å². The van der Waals surface area contributed by atoms with Crippen LogP contribution in [0.2, 0.25) is 0 Å². The van der Waals surface area contributed by atoms with Crippen LogP contribution in [-0.4, -0.2) is 16.2 Å². The van der Waals surface area contributed by atoms with Gasteiger partial charge in [-0.2, -0.15) is 0 Å². The molecule has 2 rings (SSSR count). The first-order valence-electron chi connectivity index (χ1n) is 5.04. The van der Waals surface area contributed by atoms with Crippen LogP contribution in [0.5, 0.6) is 0 Å². The lowest BCUT2D eigenvalue weighted by Crippen LogP contribution is -2.14. The molecule has 0 spiro atoms. The van der Waals surface area contributed by atoms with Crippen LogP contribution < -0.4 is 0 Å². The summed E-state index contributed by atoms with van der Waals surface area (Å²) in [7, 11) is 0. The van der Waals surface area contributed by atoms with E-state index in [-0.39, 0.29) is 0 Å². The zero-order valence-electron chi connectivity index (χ0n) is 8.84. The van der Waals surface area contributed by atoms with Crippen molar-refractivity contribution < 1.29 is 14.4 Å². The van der Waals surface area contributed by atoms with Gasteiger partial charge in [-0.25, -0.2) is 0 Å². The first-order chi connectivity index (χ1) is 8.18. The van der Waals surface area contributed by atoms with Crippen molar-refractivity contribution in [2.45, 2.75) is 12.3 Å². The van der Waals surface area contributed by atoms with E-state index < -0.39 is 11.9 Å². The van der Waals surface area contributed by atoms with Gasteiger partial charge in [0.05, 0.1) is 12.1 Å². The molecule has 1 heterocycles. The van der Waals surface area contributed by atoms with E-state index in [1.54, 1.807) is 6.07 Å². The maximum Gasteiger partial charge on any atom is 0.311 e. The molecule has 0 aliphatic heterocycles. The van der Waals surface area contributed by atoms with E-state index in [4.69, 9.17) is 4.52 Å². The molecule has 0 aliphatic rings. The zero-order valence-corrected chi connectivity index (χ0v) is 10.4. The van der Waals surface area contributed by atoms with Gasteiger partial charge >= 0.3 is 5.97 Å². The van der Waals surface area contributed by atoms with E-state index in [0.29, 0.717) is 6.42 Å².